The van der Waals surface area contributed by atoms with Crippen molar-refractivity contribution in [3.8, 4) is 5.75 Å². The van der Waals surface area contributed by atoms with E-state index < -0.39 is 5.82 Å². The van der Waals surface area contributed by atoms with Crippen LogP contribution in [0.2, 0.25) is 5.02 Å². The summed E-state index contributed by atoms with van der Waals surface area (Å²) in [6, 6.07) is 11.5. The third-order valence-electron chi connectivity index (χ3n) is 6.87. The molecular formula is C30H40ClFN2O4. The molecule has 0 bridgehead atoms. The molecule has 1 atom stereocenters. The second-order valence-corrected chi connectivity index (χ2v) is 10.7. The van der Waals surface area contributed by atoms with Crippen LogP contribution < -0.4 is 4.74 Å². The molecule has 2 aromatic rings. The largest absolute Gasteiger partial charge is 0.491 e. The predicted octanol–water partition coefficient (Wildman–Crippen LogP) is 6.01. The molecule has 0 aliphatic carbocycles. The minimum atomic E-state index is -0.477. The van der Waals surface area contributed by atoms with Crippen LogP contribution in [0.15, 0.2) is 42.5 Å². The quantitative estimate of drug-likeness (QED) is 0.427. The van der Waals surface area contributed by atoms with Gasteiger partial charge in [-0.1, -0.05) is 56.5 Å². The maximum Gasteiger partial charge on any atom is 0.257 e. The van der Waals surface area contributed by atoms with E-state index in [4.69, 9.17) is 21.1 Å². The maximum absolute atomic E-state index is 14.5. The molecule has 3 rings (SSSR count). The van der Waals surface area contributed by atoms with Crippen LogP contribution in [0.4, 0.5) is 4.39 Å². The average Bonchev–Trinajstić information content (AvgIpc) is 2.89. The number of fused-ring (bicyclic) bond motifs is 1. The molecule has 0 aromatic heterocycles. The lowest BCUT2D eigenvalue weighted by atomic mass is 10.0. The number of para-hydroxylation sites is 1. The molecule has 1 heterocycles. The molecule has 0 N–H and O–H groups in total. The number of hydrogen-bond donors (Lipinski definition) is 0. The van der Waals surface area contributed by atoms with Gasteiger partial charge in [-0.15, -0.1) is 0 Å². The van der Waals surface area contributed by atoms with E-state index >= 15 is 0 Å². The van der Waals surface area contributed by atoms with Gasteiger partial charge in [-0.05, 0) is 49.4 Å². The van der Waals surface area contributed by atoms with Crippen molar-refractivity contribution in [1.29, 1.82) is 0 Å². The van der Waals surface area contributed by atoms with Gasteiger partial charge in [0.25, 0.3) is 5.91 Å². The topological polar surface area (TPSA) is 59.1 Å². The Morgan fingerprint density at radius 3 is 2.55 bits per heavy atom. The Balaban J connectivity index is 1.90. The fourth-order valence-electron chi connectivity index (χ4n) is 4.87. The summed E-state index contributed by atoms with van der Waals surface area (Å²) >= 11 is 6.25. The molecule has 208 valence electrons. The van der Waals surface area contributed by atoms with Gasteiger partial charge in [0.15, 0.2) is 0 Å². The number of amides is 2. The summed E-state index contributed by atoms with van der Waals surface area (Å²) in [7, 11) is 1.63. The lowest BCUT2D eigenvalue weighted by molar-refractivity contribution is -0.134. The molecule has 0 saturated heterocycles. The summed E-state index contributed by atoms with van der Waals surface area (Å²) in [6.45, 7) is 6.60. The van der Waals surface area contributed by atoms with Gasteiger partial charge in [-0.2, -0.15) is 0 Å². The van der Waals surface area contributed by atoms with Gasteiger partial charge in [0, 0.05) is 37.3 Å². The molecule has 8 heteroatoms. The van der Waals surface area contributed by atoms with Crippen molar-refractivity contribution in [2.24, 2.45) is 5.92 Å². The zero-order valence-corrected chi connectivity index (χ0v) is 23.5. The highest BCUT2D eigenvalue weighted by Crippen LogP contribution is 2.25. The van der Waals surface area contributed by atoms with Gasteiger partial charge in [0.1, 0.15) is 18.2 Å². The second kappa shape index (κ2) is 15.1. The molecule has 0 unspecified atom stereocenters. The monoisotopic (exact) mass is 546 g/mol. The van der Waals surface area contributed by atoms with Crippen LogP contribution in [0.1, 0.15) is 61.9 Å². The Labute approximate surface area is 231 Å². The maximum atomic E-state index is 14.5. The summed E-state index contributed by atoms with van der Waals surface area (Å²) in [4.78, 5) is 30.8. The molecule has 1 aliphatic heterocycles. The van der Waals surface area contributed by atoms with E-state index in [-0.39, 0.29) is 41.5 Å². The van der Waals surface area contributed by atoms with E-state index in [2.05, 4.69) is 13.8 Å². The number of hydrogen-bond acceptors (Lipinski definition) is 4. The zero-order valence-electron chi connectivity index (χ0n) is 22.8. The van der Waals surface area contributed by atoms with Crippen molar-refractivity contribution in [3.63, 3.8) is 0 Å². The van der Waals surface area contributed by atoms with Crippen LogP contribution >= 0.6 is 11.6 Å². The SMILES string of the molecule is COCCN1CCCCCCN(C(=O)Cc2c(F)cccc2Cl)[C@@H](CC(C)C)COc2ccccc2C1=O. The Kier molecular flexibility index (Phi) is 11.9. The number of carbonyl (C=O) groups excluding carboxylic acids is 2. The number of benzene rings is 2. The summed E-state index contributed by atoms with van der Waals surface area (Å²) in [5.74, 6) is 0.0623. The summed E-state index contributed by atoms with van der Waals surface area (Å²) < 4.78 is 26.0. The van der Waals surface area contributed by atoms with E-state index in [1.807, 2.05) is 21.9 Å². The predicted molar refractivity (Wildman–Crippen MR) is 148 cm³/mol. The van der Waals surface area contributed by atoms with Crippen LogP contribution in [0.25, 0.3) is 0 Å². The van der Waals surface area contributed by atoms with Gasteiger partial charge in [0.2, 0.25) is 5.91 Å². The van der Waals surface area contributed by atoms with Crippen LogP contribution in [-0.2, 0) is 16.0 Å². The summed E-state index contributed by atoms with van der Waals surface area (Å²) in [5.41, 5.74) is 0.717. The lowest BCUT2D eigenvalue weighted by Gasteiger charge is -2.34. The zero-order chi connectivity index (χ0) is 27.5. The van der Waals surface area contributed by atoms with E-state index in [1.165, 1.54) is 12.1 Å². The molecule has 0 fully saturated rings. The third-order valence-corrected chi connectivity index (χ3v) is 7.23. The smallest absolute Gasteiger partial charge is 0.257 e. The number of halogens is 2. The van der Waals surface area contributed by atoms with Crippen molar-refractivity contribution in [1.82, 2.24) is 9.80 Å². The van der Waals surface area contributed by atoms with E-state index in [1.54, 1.807) is 25.3 Å². The number of carbonyl (C=O) groups is 2. The highest BCUT2D eigenvalue weighted by atomic mass is 35.5. The van der Waals surface area contributed by atoms with Crippen LogP contribution in [0.3, 0.4) is 0 Å². The first kappa shape index (κ1) is 29.9. The van der Waals surface area contributed by atoms with Gasteiger partial charge < -0.3 is 19.3 Å². The molecule has 0 spiro atoms. The van der Waals surface area contributed by atoms with Crippen molar-refractivity contribution in [3.05, 3.63) is 64.4 Å². The van der Waals surface area contributed by atoms with Crippen LogP contribution in [-0.4, -0.2) is 67.6 Å². The molecule has 6 nitrogen and oxygen atoms in total. The van der Waals surface area contributed by atoms with Gasteiger partial charge in [0.05, 0.1) is 24.6 Å². The Hall–Kier alpha value is -2.64. The van der Waals surface area contributed by atoms with Crippen molar-refractivity contribution >= 4 is 23.4 Å². The molecule has 2 aromatic carbocycles. The minimum Gasteiger partial charge on any atom is -0.491 e. The fraction of sp³-hybridized carbons (Fsp3) is 0.533. The summed E-state index contributed by atoms with van der Waals surface area (Å²) in [5, 5.41) is 0.252. The van der Waals surface area contributed by atoms with Gasteiger partial charge >= 0.3 is 0 Å². The Bertz CT molecular complexity index is 1040. The Morgan fingerprint density at radius 1 is 1.11 bits per heavy atom. The molecule has 0 saturated carbocycles. The normalized spacial score (nSPS) is 17.6. The molecule has 38 heavy (non-hydrogen) atoms. The third kappa shape index (κ3) is 8.43. The number of rotatable bonds is 7. The number of ether oxygens (including phenoxy) is 2. The Morgan fingerprint density at radius 2 is 1.84 bits per heavy atom. The van der Waals surface area contributed by atoms with E-state index in [9.17, 15) is 14.0 Å². The highest BCUT2D eigenvalue weighted by molar-refractivity contribution is 6.31. The number of nitrogens with zero attached hydrogens (tertiary/aromatic N) is 2. The minimum absolute atomic E-state index is 0.0859. The molecule has 0 radical (unpaired) electrons. The molecular weight excluding hydrogens is 507 g/mol. The van der Waals surface area contributed by atoms with Crippen molar-refractivity contribution in [2.75, 3.05) is 40.0 Å². The first-order valence-electron chi connectivity index (χ1n) is 13.5. The number of methoxy groups -OCH3 is 1. The standard InChI is InChI=1S/C30H40ClFN2O4/c1-22(2)19-23-21-38-28-14-7-6-11-24(28)30(36)33(17-18-37-3)15-8-4-5-9-16-34(23)29(35)20-25-26(31)12-10-13-27(25)32/h6-7,10-14,22-23H,4-5,8-9,15-21H2,1-3H3/t23-/m0/s1. The second-order valence-electron chi connectivity index (χ2n) is 10.3. The van der Waals surface area contributed by atoms with Crippen LogP contribution in [0, 0.1) is 11.7 Å². The highest BCUT2D eigenvalue weighted by Gasteiger charge is 2.28. The van der Waals surface area contributed by atoms with Crippen molar-refractivity contribution in [2.45, 2.75) is 58.4 Å². The van der Waals surface area contributed by atoms with Gasteiger partial charge in [-0.25, -0.2) is 4.39 Å². The van der Waals surface area contributed by atoms with E-state index in [0.717, 1.165) is 25.7 Å². The van der Waals surface area contributed by atoms with Crippen LogP contribution in [0.5, 0.6) is 5.75 Å². The average molecular weight is 547 g/mol. The first-order valence-corrected chi connectivity index (χ1v) is 13.9. The fourth-order valence-corrected chi connectivity index (χ4v) is 5.10. The lowest BCUT2D eigenvalue weighted by Crippen LogP contribution is -2.46. The van der Waals surface area contributed by atoms with Gasteiger partial charge in [-0.3, -0.25) is 9.59 Å². The molecule has 2 amide bonds. The van der Waals surface area contributed by atoms with Crippen molar-refractivity contribution < 1.29 is 23.5 Å². The first-order chi connectivity index (χ1) is 18.3. The molecule has 1 aliphatic rings. The van der Waals surface area contributed by atoms with E-state index in [0.29, 0.717) is 49.9 Å². The summed E-state index contributed by atoms with van der Waals surface area (Å²) in [6.07, 6.45) is 4.13.